The summed E-state index contributed by atoms with van der Waals surface area (Å²) in [6.45, 7) is 5.59. The third-order valence-corrected chi connectivity index (χ3v) is 6.09. The Morgan fingerprint density at radius 3 is 2.54 bits per heavy atom. The second-order valence-corrected chi connectivity index (χ2v) is 8.12. The van der Waals surface area contributed by atoms with Gasteiger partial charge in [0.05, 0.1) is 18.1 Å². The maximum absolute atomic E-state index is 12.8. The lowest BCUT2D eigenvalue weighted by atomic mass is 10.1. The second kappa shape index (κ2) is 7.37. The monoisotopic (exact) mass is 368 g/mol. The molecular formula is C17H21ClN2O3S. The number of fused-ring (bicyclic) bond motifs is 1. The smallest absolute Gasteiger partial charge is 0.241 e. The van der Waals surface area contributed by atoms with Crippen LogP contribution in [0, 0.1) is 0 Å². The number of halogens is 1. The third-order valence-electron chi connectivity index (χ3n) is 4.11. The number of rotatable bonds is 5. The zero-order chi connectivity index (χ0) is 17.2. The Labute approximate surface area is 147 Å². The predicted molar refractivity (Wildman–Crippen MR) is 96.0 cm³/mol. The van der Waals surface area contributed by atoms with Crippen molar-refractivity contribution in [3.05, 3.63) is 41.4 Å². The molecule has 0 aliphatic carbocycles. The van der Waals surface area contributed by atoms with Gasteiger partial charge in [0.15, 0.2) is 0 Å². The summed E-state index contributed by atoms with van der Waals surface area (Å²) < 4.78 is 33.7. The summed E-state index contributed by atoms with van der Waals surface area (Å²) in [6.07, 6.45) is 0. The zero-order valence-corrected chi connectivity index (χ0v) is 15.1. The number of nitrogens with zero attached hydrogens (tertiary/aromatic N) is 1. The molecule has 3 rings (SSSR count). The topological polar surface area (TPSA) is 58.6 Å². The van der Waals surface area contributed by atoms with Crippen LogP contribution in [-0.4, -0.2) is 52.2 Å². The molecule has 1 atom stereocenters. The van der Waals surface area contributed by atoms with E-state index in [1.807, 2.05) is 25.1 Å². The minimum Gasteiger partial charge on any atom is -0.379 e. The maximum Gasteiger partial charge on any atom is 0.241 e. The van der Waals surface area contributed by atoms with Crippen LogP contribution >= 0.6 is 11.6 Å². The van der Waals surface area contributed by atoms with Crippen molar-refractivity contribution in [2.24, 2.45) is 0 Å². The molecule has 0 aromatic heterocycles. The van der Waals surface area contributed by atoms with E-state index in [9.17, 15) is 8.42 Å². The van der Waals surface area contributed by atoms with E-state index in [1.54, 1.807) is 18.2 Å². The molecule has 1 heterocycles. The Morgan fingerprint density at radius 2 is 1.83 bits per heavy atom. The molecule has 1 N–H and O–H groups in total. The van der Waals surface area contributed by atoms with E-state index >= 15 is 0 Å². The number of sulfonamides is 1. The summed E-state index contributed by atoms with van der Waals surface area (Å²) in [7, 11) is -3.62. The number of hydrogen-bond donors (Lipinski definition) is 1. The number of morpholine rings is 1. The van der Waals surface area contributed by atoms with E-state index in [2.05, 4.69) is 9.62 Å². The Bertz CT molecular complexity index is 820. The van der Waals surface area contributed by atoms with Gasteiger partial charge in [0, 0.05) is 41.5 Å². The molecule has 5 nitrogen and oxygen atoms in total. The average molecular weight is 369 g/mol. The zero-order valence-electron chi connectivity index (χ0n) is 13.5. The van der Waals surface area contributed by atoms with Gasteiger partial charge < -0.3 is 4.74 Å². The van der Waals surface area contributed by atoms with Gasteiger partial charge in [-0.1, -0.05) is 35.9 Å². The fourth-order valence-corrected chi connectivity index (χ4v) is 4.68. The summed E-state index contributed by atoms with van der Waals surface area (Å²) in [5.41, 5.74) is 0. The van der Waals surface area contributed by atoms with E-state index in [1.165, 1.54) is 0 Å². The fourth-order valence-electron chi connectivity index (χ4n) is 3.01. The van der Waals surface area contributed by atoms with Crippen molar-refractivity contribution in [3.63, 3.8) is 0 Å². The largest absolute Gasteiger partial charge is 0.379 e. The van der Waals surface area contributed by atoms with Crippen LogP contribution in [-0.2, 0) is 14.8 Å². The van der Waals surface area contributed by atoms with Crippen LogP contribution in [0.5, 0.6) is 0 Å². The summed E-state index contributed by atoms with van der Waals surface area (Å²) in [5, 5.41) is 1.92. The van der Waals surface area contributed by atoms with Crippen LogP contribution in [0.2, 0.25) is 5.02 Å². The van der Waals surface area contributed by atoms with Crippen molar-refractivity contribution in [2.45, 2.75) is 17.9 Å². The molecule has 130 valence electrons. The van der Waals surface area contributed by atoms with Crippen LogP contribution in [0.3, 0.4) is 0 Å². The van der Waals surface area contributed by atoms with E-state index < -0.39 is 10.0 Å². The van der Waals surface area contributed by atoms with Gasteiger partial charge in [0.2, 0.25) is 10.0 Å². The van der Waals surface area contributed by atoms with Gasteiger partial charge in [0.25, 0.3) is 0 Å². The lowest BCUT2D eigenvalue weighted by Crippen LogP contribution is -2.45. The van der Waals surface area contributed by atoms with Gasteiger partial charge in [-0.3, -0.25) is 4.90 Å². The molecule has 24 heavy (non-hydrogen) atoms. The van der Waals surface area contributed by atoms with Gasteiger partial charge in [0.1, 0.15) is 0 Å². The molecule has 1 fully saturated rings. The molecule has 1 saturated heterocycles. The van der Waals surface area contributed by atoms with E-state index in [0.29, 0.717) is 30.2 Å². The van der Waals surface area contributed by atoms with Crippen molar-refractivity contribution >= 4 is 32.4 Å². The van der Waals surface area contributed by atoms with E-state index in [-0.39, 0.29) is 10.9 Å². The Hall–Kier alpha value is -1.18. The van der Waals surface area contributed by atoms with Crippen molar-refractivity contribution < 1.29 is 13.2 Å². The predicted octanol–water partition coefficient (Wildman–Crippen LogP) is 2.49. The number of ether oxygens (including phenoxy) is 1. The van der Waals surface area contributed by atoms with Crippen LogP contribution in [0.1, 0.15) is 6.92 Å². The summed E-state index contributed by atoms with van der Waals surface area (Å²) >= 11 is 6.18. The quantitative estimate of drug-likeness (QED) is 0.880. The van der Waals surface area contributed by atoms with Gasteiger partial charge in [-0.2, -0.15) is 0 Å². The first-order chi connectivity index (χ1) is 11.5. The molecule has 2 aromatic carbocycles. The molecule has 7 heteroatoms. The number of benzene rings is 2. The van der Waals surface area contributed by atoms with Crippen LogP contribution in [0.25, 0.3) is 10.8 Å². The third kappa shape index (κ3) is 3.90. The summed E-state index contributed by atoms with van der Waals surface area (Å²) in [5.74, 6) is 0. The maximum atomic E-state index is 12.8. The van der Waals surface area contributed by atoms with Crippen molar-refractivity contribution in [3.8, 4) is 0 Å². The van der Waals surface area contributed by atoms with E-state index in [4.69, 9.17) is 16.3 Å². The highest BCUT2D eigenvalue weighted by atomic mass is 35.5. The van der Waals surface area contributed by atoms with Gasteiger partial charge in [-0.05, 0) is 19.1 Å². The SMILES string of the molecule is CC(CN1CCOCC1)NS(=O)(=O)c1ccc(Cl)c2ccccc12. The highest BCUT2D eigenvalue weighted by Gasteiger charge is 2.22. The summed E-state index contributed by atoms with van der Waals surface area (Å²) in [4.78, 5) is 2.47. The molecule has 0 saturated carbocycles. The molecule has 0 amide bonds. The molecule has 1 aliphatic rings. The molecule has 0 radical (unpaired) electrons. The highest BCUT2D eigenvalue weighted by Crippen LogP contribution is 2.29. The van der Waals surface area contributed by atoms with Crippen LogP contribution in [0.4, 0.5) is 0 Å². The molecule has 1 aliphatic heterocycles. The molecule has 0 spiro atoms. The average Bonchev–Trinajstić information content (AvgIpc) is 2.55. The van der Waals surface area contributed by atoms with Gasteiger partial charge in [-0.25, -0.2) is 13.1 Å². The lowest BCUT2D eigenvalue weighted by Gasteiger charge is -2.29. The molecular weight excluding hydrogens is 348 g/mol. The minimum absolute atomic E-state index is 0.192. The Kier molecular flexibility index (Phi) is 5.42. The Morgan fingerprint density at radius 1 is 1.17 bits per heavy atom. The lowest BCUT2D eigenvalue weighted by molar-refractivity contribution is 0.0354. The van der Waals surface area contributed by atoms with Gasteiger partial charge >= 0.3 is 0 Å². The highest BCUT2D eigenvalue weighted by molar-refractivity contribution is 7.89. The molecule has 1 unspecified atom stereocenters. The standard InChI is InChI=1S/C17H21ClN2O3S/c1-13(12-20-8-10-23-11-9-20)19-24(21,22)17-7-6-16(18)14-4-2-3-5-15(14)17/h2-7,13,19H,8-12H2,1H3. The van der Waals surface area contributed by atoms with E-state index in [0.717, 1.165) is 18.5 Å². The first-order valence-corrected chi connectivity index (χ1v) is 9.83. The summed E-state index contributed by atoms with van der Waals surface area (Å²) in [6, 6.07) is 10.3. The molecule has 2 aromatic rings. The van der Waals surface area contributed by atoms with Gasteiger partial charge in [-0.15, -0.1) is 0 Å². The van der Waals surface area contributed by atoms with Crippen molar-refractivity contribution in [2.75, 3.05) is 32.8 Å². The van der Waals surface area contributed by atoms with Crippen molar-refractivity contribution in [1.82, 2.24) is 9.62 Å². The number of hydrogen-bond acceptors (Lipinski definition) is 4. The van der Waals surface area contributed by atoms with Crippen LogP contribution in [0.15, 0.2) is 41.3 Å². The second-order valence-electron chi connectivity index (χ2n) is 6.03. The van der Waals surface area contributed by atoms with Crippen molar-refractivity contribution in [1.29, 1.82) is 0 Å². The normalized spacial score (nSPS) is 17.9. The van der Waals surface area contributed by atoms with Crippen LogP contribution < -0.4 is 4.72 Å². The first-order valence-electron chi connectivity index (χ1n) is 7.97. The fraction of sp³-hybridized carbons (Fsp3) is 0.412. The first kappa shape index (κ1) is 17.6. The number of nitrogens with one attached hydrogen (secondary N) is 1. The Balaban J connectivity index is 1.81. The molecule has 0 bridgehead atoms. The minimum atomic E-state index is -3.62.